The summed E-state index contributed by atoms with van der Waals surface area (Å²) in [6, 6.07) is 4.87. The summed E-state index contributed by atoms with van der Waals surface area (Å²) >= 11 is 0. The molecule has 1 aromatic carbocycles. The molecule has 1 rings (SSSR count). The summed E-state index contributed by atoms with van der Waals surface area (Å²) in [4.78, 5) is 0. The highest BCUT2D eigenvalue weighted by Gasteiger charge is 2.26. The van der Waals surface area contributed by atoms with Gasteiger partial charge in [-0.15, -0.1) is 0 Å². The molecule has 0 spiro atoms. The highest BCUT2D eigenvalue weighted by Crippen LogP contribution is 2.26. The molecule has 96 valence electrons. The number of hydrogen-bond donors (Lipinski definition) is 1. The third kappa shape index (κ3) is 4.84. The van der Waals surface area contributed by atoms with Gasteiger partial charge in [0.05, 0.1) is 20.6 Å². The normalized spacial score (nSPS) is 11.1. The monoisotopic (exact) mass is 249 g/mol. The fourth-order valence-corrected chi connectivity index (χ4v) is 1.26. The zero-order valence-corrected chi connectivity index (χ0v) is 9.60. The van der Waals surface area contributed by atoms with E-state index in [1.165, 1.54) is 14.2 Å². The van der Waals surface area contributed by atoms with Gasteiger partial charge in [0.2, 0.25) is 0 Å². The van der Waals surface area contributed by atoms with Gasteiger partial charge in [-0.05, 0) is 0 Å². The molecular formula is C11H14F3NO2. The number of alkyl halides is 3. The van der Waals surface area contributed by atoms with Crippen LogP contribution in [0.1, 0.15) is 6.42 Å². The van der Waals surface area contributed by atoms with E-state index in [1.54, 1.807) is 18.2 Å². The van der Waals surface area contributed by atoms with Crippen LogP contribution in [-0.4, -0.2) is 26.9 Å². The number of methoxy groups -OCH3 is 2. The molecule has 17 heavy (non-hydrogen) atoms. The molecule has 0 radical (unpaired) electrons. The number of benzene rings is 1. The molecule has 0 aromatic heterocycles. The van der Waals surface area contributed by atoms with Crippen LogP contribution in [0.4, 0.5) is 18.9 Å². The van der Waals surface area contributed by atoms with Crippen LogP contribution in [0.2, 0.25) is 0 Å². The van der Waals surface area contributed by atoms with Crippen molar-refractivity contribution in [3.63, 3.8) is 0 Å². The highest BCUT2D eigenvalue weighted by molar-refractivity contribution is 5.53. The number of rotatable bonds is 5. The Kier molecular flexibility index (Phi) is 4.48. The van der Waals surface area contributed by atoms with Gasteiger partial charge in [-0.2, -0.15) is 13.2 Å². The summed E-state index contributed by atoms with van der Waals surface area (Å²) in [5.41, 5.74) is 0.533. The molecular weight excluding hydrogens is 235 g/mol. The van der Waals surface area contributed by atoms with E-state index in [1.807, 2.05) is 0 Å². The van der Waals surface area contributed by atoms with Crippen molar-refractivity contribution in [2.45, 2.75) is 12.6 Å². The van der Waals surface area contributed by atoms with Gasteiger partial charge in [0.25, 0.3) is 0 Å². The smallest absolute Gasteiger partial charge is 0.390 e. The zero-order chi connectivity index (χ0) is 12.9. The standard InChI is InChI=1S/C11H14F3NO2/c1-16-9-5-8(6-10(7-9)17-2)15-4-3-11(12,13)14/h5-7,15H,3-4H2,1-2H3. The molecule has 6 heteroatoms. The molecule has 0 amide bonds. The third-order valence-corrected chi connectivity index (χ3v) is 2.09. The second-order valence-corrected chi connectivity index (χ2v) is 3.39. The Morgan fingerprint density at radius 3 is 2.00 bits per heavy atom. The fraction of sp³-hybridized carbons (Fsp3) is 0.455. The van der Waals surface area contributed by atoms with E-state index in [0.717, 1.165) is 0 Å². The van der Waals surface area contributed by atoms with Crippen molar-refractivity contribution >= 4 is 5.69 Å². The molecule has 1 aromatic rings. The van der Waals surface area contributed by atoms with Crippen molar-refractivity contribution in [2.75, 3.05) is 26.1 Å². The summed E-state index contributed by atoms with van der Waals surface area (Å²) in [5.74, 6) is 1.05. The third-order valence-electron chi connectivity index (χ3n) is 2.09. The summed E-state index contributed by atoms with van der Waals surface area (Å²) in [5, 5.41) is 2.67. The van der Waals surface area contributed by atoms with Crippen molar-refractivity contribution < 1.29 is 22.6 Å². The molecule has 0 atom stereocenters. The lowest BCUT2D eigenvalue weighted by molar-refractivity contribution is -0.131. The number of hydrogen-bond acceptors (Lipinski definition) is 3. The van der Waals surface area contributed by atoms with Gasteiger partial charge >= 0.3 is 6.18 Å². The molecule has 0 saturated carbocycles. The fourth-order valence-electron chi connectivity index (χ4n) is 1.26. The van der Waals surface area contributed by atoms with Gasteiger partial charge in [0.15, 0.2) is 0 Å². The van der Waals surface area contributed by atoms with E-state index in [-0.39, 0.29) is 6.54 Å². The minimum absolute atomic E-state index is 0.181. The summed E-state index contributed by atoms with van der Waals surface area (Å²) in [7, 11) is 2.96. The lowest BCUT2D eigenvalue weighted by Gasteiger charge is -2.11. The molecule has 0 bridgehead atoms. The van der Waals surface area contributed by atoms with Crippen LogP contribution in [0, 0.1) is 0 Å². The van der Waals surface area contributed by atoms with Crippen molar-refractivity contribution in [3.05, 3.63) is 18.2 Å². The quantitative estimate of drug-likeness (QED) is 0.869. The van der Waals surface area contributed by atoms with Crippen molar-refractivity contribution in [1.82, 2.24) is 0 Å². The van der Waals surface area contributed by atoms with E-state index in [9.17, 15) is 13.2 Å². The Balaban J connectivity index is 2.64. The topological polar surface area (TPSA) is 30.5 Å². The maximum atomic E-state index is 12.0. The van der Waals surface area contributed by atoms with E-state index >= 15 is 0 Å². The first-order valence-electron chi connectivity index (χ1n) is 4.98. The van der Waals surface area contributed by atoms with Gasteiger partial charge in [0, 0.05) is 30.4 Å². The molecule has 0 saturated heterocycles. The molecule has 0 heterocycles. The van der Waals surface area contributed by atoms with Crippen molar-refractivity contribution in [1.29, 1.82) is 0 Å². The average Bonchev–Trinajstić information content (AvgIpc) is 2.26. The van der Waals surface area contributed by atoms with Crippen LogP contribution in [0.3, 0.4) is 0 Å². The second-order valence-electron chi connectivity index (χ2n) is 3.39. The lowest BCUT2D eigenvalue weighted by Crippen LogP contribution is -2.14. The Bertz CT molecular complexity index is 344. The average molecular weight is 249 g/mol. The number of anilines is 1. The first kappa shape index (κ1) is 13.5. The molecule has 0 unspecified atom stereocenters. The summed E-state index contributed by atoms with van der Waals surface area (Å²) in [6.45, 7) is -0.181. The summed E-state index contributed by atoms with van der Waals surface area (Å²) in [6.07, 6.45) is -5.04. The van der Waals surface area contributed by atoms with E-state index in [2.05, 4.69) is 5.32 Å². The molecule has 0 fully saturated rings. The maximum absolute atomic E-state index is 12.0. The predicted molar refractivity (Wildman–Crippen MR) is 58.7 cm³/mol. The van der Waals surface area contributed by atoms with Gasteiger partial charge in [-0.3, -0.25) is 0 Å². The Hall–Kier alpha value is -1.59. The van der Waals surface area contributed by atoms with Crippen LogP contribution in [0.25, 0.3) is 0 Å². The van der Waals surface area contributed by atoms with Crippen LogP contribution in [0.5, 0.6) is 11.5 Å². The van der Waals surface area contributed by atoms with Gasteiger partial charge in [-0.25, -0.2) is 0 Å². The molecule has 3 nitrogen and oxygen atoms in total. The van der Waals surface area contributed by atoms with Crippen LogP contribution >= 0.6 is 0 Å². The van der Waals surface area contributed by atoms with E-state index < -0.39 is 12.6 Å². The van der Waals surface area contributed by atoms with E-state index in [4.69, 9.17) is 9.47 Å². The first-order valence-corrected chi connectivity index (χ1v) is 4.98. The number of nitrogens with one attached hydrogen (secondary N) is 1. The van der Waals surface area contributed by atoms with Crippen LogP contribution in [0.15, 0.2) is 18.2 Å². The Labute approximate surface area is 97.5 Å². The highest BCUT2D eigenvalue weighted by atomic mass is 19.4. The first-order chi connectivity index (χ1) is 7.94. The SMILES string of the molecule is COc1cc(NCCC(F)(F)F)cc(OC)c1. The van der Waals surface area contributed by atoms with Gasteiger partial charge in [-0.1, -0.05) is 0 Å². The minimum atomic E-state index is -4.16. The van der Waals surface area contributed by atoms with Crippen LogP contribution in [-0.2, 0) is 0 Å². The molecule has 0 aliphatic carbocycles. The Morgan fingerprint density at radius 2 is 1.59 bits per heavy atom. The number of ether oxygens (including phenoxy) is 2. The van der Waals surface area contributed by atoms with Gasteiger partial charge < -0.3 is 14.8 Å². The van der Waals surface area contributed by atoms with Crippen molar-refractivity contribution in [2.24, 2.45) is 0 Å². The Morgan fingerprint density at radius 1 is 1.06 bits per heavy atom. The maximum Gasteiger partial charge on any atom is 0.390 e. The minimum Gasteiger partial charge on any atom is -0.497 e. The summed E-state index contributed by atoms with van der Waals surface area (Å²) < 4.78 is 45.9. The van der Waals surface area contributed by atoms with E-state index in [0.29, 0.717) is 17.2 Å². The van der Waals surface area contributed by atoms with Crippen molar-refractivity contribution in [3.8, 4) is 11.5 Å². The van der Waals surface area contributed by atoms with Crippen LogP contribution < -0.4 is 14.8 Å². The molecule has 0 aliphatic rings. The zero-order valence-electron chi connectivity index (χ0n) is 9.60. The number of halogens is 3. The van der Waals surface area contributed by atoms with Gasteiger partial charge in [0.1, 0.15) is 11.5 Å². The largest absolute Gasteiger partial charge is 0.497 e. The lowest BCUT2D eigenvalue weighted by atomic mass is 10.2. The molecule has 0 aliphatic heterocycles. The second kappa shape index (κ2) is 5.65. The predicted octanol–water partition coefficient (Wildman–Crippen LogP) is 3.07. The molecule has 1 N–H and O–H groups in total.